The van der Waals surface area contributed by atoms with Crippen LogP contribution in [0.1, 0.15) is 50.0 Å². The van der Waals surface area contributed by atoms with Crippen molar-refractivity contribution in [3.05, 3.63) is 76.8 Å². The minimum Gasteiger partial charge on any atom is -0.256 e. The molecule has 3 aromatic rings. The van der Waals surface area contributed by atoms with Gasteiger partial charge in [0.05, 0.1) is 11.4 Å². The fraction of sp³-hybridized carbons (Fsp3) is 0.333. The lowest BCUT2D eigenvalue weighted by molar-refractivity contribution is 0.202. The first kappa shape index (κ1) is 17.7. The molecular formula is C24H25FN2S. The monoisotopic (exact) mass is 392 g/mol. The summed E-state index contributed by atoms with van der Waals surface area (Å²) in [5.74, 6) is 1.75. The first-order valence-corrected chi connectivity index (χ1v) is 10.9. The summed E-state index contributed by atoms with van der Waals surface area (Å²) in [6, 6.07) is 10.7. The zero-order valence-electron chi connectivity index (χ0n) is 15.7. The van der Waals surface area contributed by atoms with Crippen LogP contribution in [0.2, 0.25) is 0 Å². The van der Waals surface area contributed by atoms with Crippen LogP contribution < -0.4 is 0 Å². The number of pyridine rings is 1. The third-order valence-corrected chi connectivity index (χ3v) is 7.02. The third-order valence-electron chi connectivity index (χ3n) is 6.34. The predicted molar refractivity (Wildman–Crippen MR) is 115 cm³/mol. The largest absolute Gasteiger partial charge is 0.256 e. The Hall–Kier alpha value is -2.33. The maximum atomic E-state index is 13.5. The topological polar surface area (TPSA) is 25.8 Å². The summed E-state index contributed by atoms with van der Waals surface area (Å²) < 4.78 is 18.1. The molecule has 4 heteroatoms. The van der Waals surface area contributed by atoms with Gasteiger partial charge < -0.3 is 0 Å². The van der Waals surface area contributed by atoms with Crippen LogP contribution in [-0.4, -0.2) is 9.36 Å². The summed E-state index contributed by atoms with van der Waals surface area (Å²) in [5.41, 5.74) is 5.49. The van der Waals surface area contributed by atoms with E-state index in [9.17, 15) is 4.39 Å². The third kappa shape index (κ3) is 3.42. The highest BCUT2D eigenvalue weighted by Gasteiger charge is 2.37. The first-order valence-electron chi connectivity index (χ1n) is 10.1. The summed E-state index contributed by atoms with van der Waals surface area (Å²) in [7, 11) is 0. The Labute approximate surface area is 170 Å². The Balaban J connectivity index is 0.00000205. The van der Waals surface area contributed by atoms with Gasteiger partial charge in [0.25, 0.3) is 0 Å². The zero-order chi connectivity index (χ0) is 18.9. The highest BCUT2D eigenvalue weighted by molar-refractivity contribution is 7.03. The molecule has 0 amide bonds. The minimum atomic E-state index is -0.221. The van der Waals surface area contributed by atoms with Crippen LogP contribution >= 0.6 is 11.5 Å². The van der Waals surface area contributed by atoms with Crippen molar-refractivity contribution < 1.29 is 5.82 Å². The van der Waals surface area contributed by atoms with Gasteiger partial charge in [-0.25, -0.2) is 4.39 Å². The molecule has 1 unspecified atom stereocenters. The molecule has 2 aliphatic rings. The average Bonchev–Trinajstić information content (AvgIpc) is 3.20. The van der Waals surface area contributed by atoms with E-state index in [1.165, 1.54) is 43.0 Å². The van der Waals surface area contributed by atoms with Gasteiger partial charge in [-0.3, -0.25) is 4.98 Å². The summed E-state index contributed by atoms with van der Waals surface area (Å²) in [6.07, 6.45) is 12.9. The Morgan fingerprint density at radius 3 is 2.89 bits per heavy atom. The molecule has 5 rings (SSSR count). The lowest BCUT2D eigenvalue weighted by Crippen LogP contribution is -2.31. The number of benzene rings is 1. The number of allylic oxidation sites excluding steroid dienone is 1. The summed E-state index contributed by atoms with van der Waals surface area (Å²) in [5, 5.41) is 2.25. The molecule has 2 aromatic heterocycles. The van der Waals surface area contributed by atoms with Gasteiger partial charge >= 0.3 is 0 Å². The van der Waals surface area contributed by atoms with Crippen molar-refractivity contribution in [2.24, 2.45) is 11.8 Å². The van der Waals surface area contributed by atoms with Crippen LogP contribution in [0.4, 0.5) is 4.39 Å². The molecule has 0 N–H and O–H groups in total. The first-order chi connectivity index (χ1) is 13.8. The van der Waals surface area contributed by atoms with Crippen molar-refractivity contribution in [3.8, 4) is 11.1 Å². The van der Waals surface area contributed by atoms with Crippen molar-refractivity contribution in [3.63, 3.8) is 0 Å². The van der Waals surface area contributed by atoms with Gasteiger partial charge in [-0.05, 0) is 78.0 Å². The smallest absolute Gasteiger partial charge is 0.123 e. The fourth-order valence-corrected chi connectivity index (χ4v) is 5.69. The second kappa shape index (κ2) is 7.59. The molecule has 3 atom stereocenters. The lowest BCUT2D eigenvalue weighted by atomic mass is 9.65. The van der Waals surface area contributed by atoms with Gasteiger partial charge in [0, 0.05) is 24.5 Å². The SMILES string of the molecule is Fc1cccc(-c2ccc(/C=C/[C@@H]3c4csnc4C[C@@H]4CCCCC43)nc2)c1.[HH]. The number of hydrogen-bond acceptors (Lipinski definition) is 3. The van der Waals surface area contributed by atoms with Crippen LogP contribution in [0, 0.1) is 17.7 Å². The van der Waals surface area contributed by atoms with Crippen LogP contribution in [0.15, 0.2) is 54.1 Å². The van der Waals surface area contributed by atoms with Crippen LogP contribution in [0.3, 0.4) is 0 Å². The van der Waals surface area contributed by atoms with E-state index in [1.54, 1.807) is 23.7 Å². The van der Waals surface area contributed by atoms with Crippen molar-refractivity contribution in [1.29, 1.82) is 0 Å². The number of aromatic nitrogens is 2. The van der Waals surface area contributed by atoms with Gasteiger partial charge in [0.2, 0.25) is 0 Å². The Morgan fingerprint density at radius 1 is 1.11 bits per heavy atom. The molecule has 0 aliphatic heterocycles. The second-order valence-corrected chi connectivity index (χ2v) is 8.63. The molecule has 0 saturated heterocycles. The standard InChI is InChI=1S/C24H23FN2S.H2/c25-19-6-3-5-16(12-19)18-8-9-20(26-14-18)10-11-22-21-7-2-1-4-17(21)13-24-23(22)15-28-27-24;/h3,5-6,8-12,14-15,17,21-22H,1-2,4,7,13H2;1H/b11-10+;/t17-,21?,22-;/m0./s1. The maximum absolute atomic E-state index is 13.5. The van der Waals surface area contributed by atoms with Gasteiger partial charge in [-0.1, -0.05) is 37.1 Å². The van der Waals surface area contributed by atoms with Crippen molar-refractivity contribution in [2.75, 3.05) is 0 Å². The van der Waals surface area contributed by atoms with E-state index in [-0.39, 0.29) is 7.24 Å². The second-order valence-electron chi connectivity index (χ2n) is 8.00. The van der Waals surface area contributed by atoms with Crippen LogP contribution in [0.5, 0.6) is 0 Å². The molecule has 2 nitrogen and oxygen atoms in total. The molecule has 0 spiro atoms. The molecule has 2 aliphatic carbocycles. The van der Waals surface area contributed by atoms with Crippen molar-refractivity contribution >= 4 is 17.6 Å². The Morgan fingerprint density at radius 2 is 2.04 bits per heavy atom. The molecule has 1 aromatic carbocycles. The van der Waals surface area contributed by atoms with E-state index >= 15 is 0 Å². The molecule has 1 fully saturated rings. The quantitative estimate of drug-likeness (QED) is 0.493. The van der Waals surface area contributed by atoms with E-state index in [1.807, 2.05) is 24.4 Å². The molecule has 144 valence electrons. The Bertz CT molecular complexity index is 998. The number of fused-ring (bicyclic) bond motifs is 2. The minimum absolute atomic E-state index is 0. The molecule has 28 heavy (non-hydrogen) atoms. The maximum Gasteiger partial charge on any atom is 0.123 e. The summed E-state index contributed by atoms with van der Waals surface area (Å²) in [4.78, 5) is 4.59. The molecular weight excluding hydrogens is 367 g/mol. The van der Waals surface area contributed by atoms with Crippen LogP contribution in [0.25, 0.3) is 17.2 Å². The fourth-order valence-electron chi connectivity index (χ4n) is 4.93. The van der Waals surface area contributed by atoms with Crippen LogP contribution in [-0.2, 0) is 6.42 Å². The lowest BCUT2D eigenvalue weighted by Gasteiger charge is -2.39. The normalized spacial score (nSPS) is 24.1. The van der Waals surface area contributed by atoms with E-state index in [2.05, 4.69) is 26.9 Å². The number of hydrogen-bond donors (Lipinski definition) is 0. The highest BCUT2D eigenvalue weighted by Crippen LogP contribution is 2.47. The Kier molecular flexibility index (Phi) is 4.81. The summed E-state index contributed by atoms with van der Waals surface area (Å²) in [6.45, 7) is 0. The van der Waals surface area contributed by atoms with Gasteiger partial charge in [-0.15, -0.1) is 0 Å². The predicted octanol–water partition coefficient (Wildman–Crippen LogP) is 6.75. The number of nitrogens with zero attached hydrogens (tertiary/aromatic N) is 2. The number of halogens is 1. The average molecular weight is 393 g/mol. The zero-order valence-corrected chi connectivity index (χ0v) is 16.5. The van der Waals surface area contributed by atoms with Gasteiger partial charge in [0.15, 0.2) is 0 Å². The van der Waals surface area contributed by atoms with Crippen molar-refractivity contribution in [2.45, 2.75) is 38.0 Å². The van der Waals surface area contributed by atoms with E-state index < -0.39 is 0 Å². The molecule has 0 radical (unpaired) electrons. The van der Waals surface area contributed by atoms with E-state index in [4.69, 9.17) is 0 Å². The molecule has 2 heterocycles. The molecule has 0 bridgehead atoms. The highest BCUT2D eigenvalue weighted by atomic mass is 32.1. The van der Waals surface area contributed by atoms with Gasteiger partial charge in [-0.2, -0.15) is 4.37 Å². The molecule has 1 saturated carbocycles. The number of rotatable bonds is 3. The van der Waals surface area contributed by atoms with E-state index in [0.29, 0.717) is 5.92 Å². The van der Waals surface area contributed by atoms with Crippen molar-refractivity contribution in [1.82, 2.24) is 9.36 Å². The van der Waals surface area contributed by atoms with E-state index in [0.717, 1.165) is 35.1 Å². The van der Waals surface area contributed by atoms with Gasteiger partial charge in [0.1, 0.15) is 5.82 Å². The summed E-state index contributed by atoms with van der Waals surface area (Å²) >= 11 is 1.60.